The minimum absolute atomic E-state index is 0.0361. The third-order valence-corrected chi connectivity index (χ3v) is 2.02. The number of aliphatic hydroxyl groups is 1. The molecule has 0 spiro atoms. The van der Waals surface area contributed by atoms with Crippen LogP contribution in [0.15, 0.2) is 12.1 Å². The first-order chi connectivity index (χ1) is 7.47. The summed E-state index contributed by atoms with van der Waals surface area (Å²) in [7, 11) is 0. The van der Waals surface area contributed by atoms with Crippen molar-refractivity contribution in [2.45, 2.75) is 6.42 Å². The lowest BCUT2D eigenvalue weighted by molar-refractivity contribution is -0.393. The van der Waals surface area contributed by atoms with Gasteiger partial charge in [0.25, 0.3) is 11.4 Å². The fourth-order valence-electron chi connectivity index (χ4n) is 1.26. The molecular weight excluding hydrogens is 218 g/mol. The Bertz CT molecular complexity index is 446. The van der Waals surface area contributed by atoms with Gasteiger partial charge in [0.1, 0.15) is 5.69 Å². The zero-order valence-corrected chi connectivity index (χ0v) is 8.12. The number of anilines is 1. The van der Waals surface area contributed by atoms with Crippen molar-refractivity contribution in [2.24, 2.45) is 0 Å². The topological polar surface area (TPSA) is 133 Å². The summed E-state index contributed by atoms with van der Waals surface area (Å²) < 4.78 is 0. The summed E-state index contributed by atoms with van der Waals surface area (Å²) in [5.41, 5.74) is 4.58. The number of non-ortho nitro benzene ring substituents is 1. The Morgan fingerprint density at radius 2 is 1.88 bits per heavy atom. The molecule has 86 valence electrons. The fourth-order valence-corrected chi connectivity index (χ4v) is 1.26. The van der Waals surface area contributed by atoms with Gasteiger partial charge in [-0.05, 0) is 12.0 Å². The molecule has 1 aromatic carbocycles. The predicted molar refractivity (Wildman–Crippen MR) is 55.0 cm³/mol. The minimum atomic E-state index is -0.788. The second-order valence-corrected chi connectivity index (χ2v) is 3.03. The third kappa shape index (κ3) is 2.23. The maximum atomic E-state index is 10.6. The Labute approximate surface area is 89.6 Å². The summed E-state index contributed by atoms with van der Waals surface area (Å²) in [6.45, 7) is -0.289. The van der Waals surface area contributed by atoms with Gasteiger partial charge in [-0.1, -0.05) is 0 Å². The second kappa shape index (κ2) is 4.53. The van der Waals surface area contributed by atoms with Gasteiger partial charge in [0.2, 0.25) is 0 Å². The van der Waals surface area contributed by atoms with E-state index < -0.39 is 21.2 Å². The fraction of sp³-hybridized carbons (Fsp3) is 0.250. The summed E-state index contributed by atoms with van der Waals surface area (Å²) in [5.74, 6) is 0. The third-order valence-electron chi connectivity index (χ3n) is 2.02. The maximum absolute atomic E-state index is 10.6. The van der Waals surface area contributed by atoms with E-state index in [1.807, 2.05) is 0 Å². The Morgan fingerprint density at radius 1 is 1.25 bits per heavy atom. The molecule has 0 fully saturated rings. The Kier molecular flexibility index (Phi) is 3.36. The molecule has 0 radical (unpaired) electrons. The molecule has 0 bridgehead atoms. The smallest absolute Gasteiger partial charge is 0.299 e. The van der Waals surface area contributed by atoms with Crippen molar-refractivity contribution >= 4 is 17.1 Å². The summed E-state index contributed by atoms with van der Waals surface area (Å²) in [6.07, 6.45) is 0.0361. The van der Waals surface area contributed by atoms with Gasteiger partial charge in [-0.25, -0.2) is 0 Å². The van der Waals surface area contributed by atoms with Crippen molar-refractivity contribution in [1.29, 1.82) is 0 Å². The standard InChI is InChI=1S/C8H9N3O5/c9-8-5(1-2-12)3-6(10(13)14)4-7(8)11(15)16/h3-4,12H,1-2,9H2. The van der Waals surface area contributed by atoms with Crippen molar-refractivity contribution in [3.8, 4) is 0 Å². The number of rotatable bonds is 4. The summed E-state index contributed by atoms with van der Waals surface area (Å²) in [4.78, 5) is 19.6. The molecule has 8 nitrogen and oxygen atoms in total. The first-order valence-corrected chi connectivity index (χ1v) is 4.29. The first kappa shape index (κ1) is 11.9. The van der Waals surface area contributed by atoms with E-state index in [-0.39, 0.29) is 24.3 Å². The van der Waals surface area contributed by atoms with Crippen LogP contribution in [0.2, 0.25) is 0 Å². The van der Waals surface area contributed by atoms with Crippen LogP contribution < -0.4 is 5.73 Å². The van der Waals surface area contributed by atoms with Crippen molar-refractivity contribution < 1.29 is 15.0 Å². The largest absolute Gasteiger partial charge is 0.396 e. The van der Waals surface area contributed by atoms with Crippen LogP contribution in [0.4, 0.5) is 17.1 Å². The van der Waals surface area contributed by atoms with Gasteiger partial charge in [0, 0.05) is 12.7 Å². The monoisotopic (exact) mass is 227 g/mol. The zero-order chi connectivity index (χ0) is 12.3. The molecule has 16 heavy (non-hydrogen) atoms. The number of hydrogen-bond acceptors (Lipinski definition) is 6. The van der Waals surface area contributed by atoms with Gasteiger partial charge in [-0.15, -0.1) is 0 Å². The molecule has 0 aliphatic carbocycles. The first-order valence-electron chi connectivity index (χ1n) is 4.29. The Morgan fingerprint density at radius 3 is 2.31 bits per heavy atom. The molecule has 0 aliphatic rings. The minimum Gasteiger partial charge on any atom is -0.396 e. The highest BCUT2D eigenvalue weighted by atomic mass is 16.6. The lowest BCUT2D eigenvalue weighted by Crippen LogP contribution is -2.04. The lowest BCUT2D eigenvalue weighted by Gasteiger charge is -2.04. The molecule has 3 N–H and O–H groups in total. The van der Waals surface area contributed by atoms with Crippen LogP contribution in [0, 0.1) is 20.2 Å². The quantitative estimate of drug-likeness (QED) is 0.440. The number of aliphatic hydroxyl groups excluding tert-OH is 1. The van der Waals surface area contributed by atoms with Crippen molar-refractivity contribution in [3.63, 3.8) is 0 Å². The number of nitrogens with zero attached hydrogens (tertiary/aromatic N) is 2. The van der Waals surface area contributed by atoms with Gasteiger partial charge in [-0.3, -0.25) is 20.2 Å². The Hall–Kier alpha value is -2.22. The summed E-state index contributed by atoms with van der Waals surface area (Å²) >= 11 is 0. The zero-order valence-electron chi connectivity index (χ0n) is 8.12. The Balaban J connectivity index is 3.38. The van der Waals surface area contributed by atoms with Gasteiger partial charge in [0.05, 0.1) is 15.9 Å². The van der Waals surface area contributed by atoms with Crippen LogP contribution in [0.3, 0.4) is 0 Å². The maximum Gasteiger partial charge on any atom is 0.299 e. The average molecular weight is 227 g/mol. The van der Waals surface area contributed by atoms with Crippen LogP contribution in [0.25, 0.3) is 0 Å². The van der Waals surface area contributed by atoms with Crippen LogP contribution in [0.1, 0.15) is 5.56 Å². The normalized spacial score (nSPS) is 10.1. The number of nitro groups is 2. The van der Waals surface area contributed by atoms with E-state index in [2.05, 4.69) is 0 Å². The number of benzene rings is 1. The molecule has 1 rings (SSSR count). The molecule has 0 aliphatic heterocycles. The van der Waals surface area contributed by atoms with Gasteiger partial charge >= 0.3 is 0 Å². The SMILES string of the molecule is Nc1c(CCO)cc([N+](=O)[O-])cc1[N+](=O)[O-]. The van der Waals surface area contributed by atoms with Gasteiger partial charge in [0.15, 0.2) is 0 Å². The number of nitrogen functional groups attached to an aromatic ring is 1. The lowest BCUT2D eigenvalue weighted by atomic mass is 10.1. The second-order valence-electron chi connectivity index (χ2n) is 3.03. The van der Waals surface area contributed by atoms with E-state index in [1.54, 1.807) is 0 Å². The van der Waals surface area contributed by atoms with E-state index in [9.17, 15) is 20.2 Å². The number of nitrogens with two attached hydrogens (primary N) is 1. The number of nitro benzene ring substituents is 2. The molecule has 0 saturated heterocycles. The predicted octanol–water partition coefficient (Wildman–Crippen LogP) is 0.620. The van der Waals surface area contributed by atoms with Crippen molar-refractivity contribution in [2.75, 3.05) is 12.3 Å². The highest BCUT2D eigenvalue weighted by Gasteiger charge is 2.21. The van der Waals surface area contributed by atoms with Crippen LogP contribution in [-0.4, -0.2) is 21.6 Å². The molecule has 8 heteroatoms. The van der Waals surface area contributed by atoms with Gasteiger partial charge in [-0.2, -0.15) is 0 Å². The van der Waals surface area contributed by atoms with Crippen molar-refractivity contribution in [3.05, 3.63) is 37.9 Å². The van der Waals surface area contributed by atoms with Gasteiger partial charge < -0.3 is 10.8 Å². The molecule has 0 amide bonds. The van der Waals surface area contributed by atoms with Crippen LogP contribution in [-0.2, 0) is 6.42 Å². The van der Waals surface area contributed by atoms with E-state index in [0.29, 0.717) is 0 Å². The van der Waals surface area contributed by atoms with Crippen LogP contribution in [0.5, 0.6) is 0 Å². The van der Waals surface area contributed by atoms with E-state index in [0.717, 1.165) is 12.1 Å². The van der Waals surface area contributed by atoms with E-state index in [4.69, 9.17) is 10.8 Å². The number of hydrogen-bond donors (Lipinski definition) is 2. The molecular formula is C8H9N3O5. The average Bonchev–Trinajstić information content (AvgIpc) is 2.20. The van der Waals surface area contributed by atoms with Crippen LogP contribution >= 0.6 is 0 Å². The molecule has 1 aromatic rings. The summed E-state index contributed by atoms with van der Waals surface area (Å²) in [5, 5.41) is 29.8. The molecule has 0 heterocycles. The highest BCUT2D eigenvalue weighted by molar-refractivity contribution is 5.67. The van der Waals surface area contributed by atoms with E-state index >= 15 is 0 Å². The molecule has 0 aromatic heterocycles. The highest BCUT2D eigenvalue weighted by Crippen LogP contribution is 2.30. The molecule has 0 atom stereocenters. The van der Waals surface area contributed by atoms with E-state index in [1.165, 1.54) is 0 Å². The molecule has 0 unspecified atom stereocenters. The molecule has 0 saturated carbocycles. The summed E-state index contributed by atoms with van der Waals surface area (Å²) in [6, 6.07) is 1.93. The van der Waals surface area contributed by atoms with Crippen molar-refractivity contribution in [1.82, 2.24) is 0 Å².